The second kappa shape index (κ2) is 6.29. The Balaban J connectivity index is 2.06. The number of nitro benzene ring substituents is 1. The number of hydrogen-bond acceptors (Lipinski definition) is 4. The van der Waals surface area contributed by atoms with Crippen molar-refractivity contribution < 1.29 is 13.7 Å². The fourth-order valence-corrected chi connectivity index (χ4v) is 1.95. The van der Waals surface area contributed by atoms with Gasteiger partial charge in [-0.2, -0.15) is 5.10 Å². The summed E-state index contributed by atoms with van der Waals surface area (Å²) in [5.41, 5.74) is 0.475. The summed E-state index contributed by atoms with van der Waals surface area (Å²) in [5, 5.41) is 17.5. The van der Waals surface area contributed by atoms with E-state index in [1.54, 1.807) is 17.9 Å². The minimum Gasteiger partial charge on any atom is -0.384 e. The molecule has 6 nitrogen and oxygen atoms in total. The van der Waals surface area contributed by atoms with Gasteiger partial charge in [-0.05, 0) is 18.1 Å². The lowest BCUT2D eigenvalue weighted by Gasteiger charge is -2.11. The second-order valence-electron chi connectivity index (χ2n) is 4.53. The van der Waals surface area contributed by atoms with Crippen LogP contribution in [0.5, 0.6) is 0 Å². The van der Waals surface area contributed by atoms with Gasteiger partial charge < -0.3 is 5.32 Å². The van der Waals surface area contributed by atoms with E-state index in [2.05, 4.69) is 10.4 Å². The number of benzene rings is 1. The smallest absolute Gasteiger partial charge is 0.270 e. The van der Waals surface area contributed by atoms with E-state index in [1.165, 1.54) is 12.1 Å². The number of nitro groups is 1. The number of nitrogens with one attached hydrogen (secondary N) is 1. The van der Waals surface area contributed by atoms with Crippen LogP contribution in [-0.4, -0.2) is 21.2 Å². The summed E-state index contributed by atoms with van der Waals surface area (Å²) in [6.45, 7) is 0.434. The minimum atomic E-state index is -2.77. The highest BCUT2D eigenvalue weighted by Gasteiger charge is 2.17. The highest BCUT2D eigenvalue weighted by molar-refractivity contribution is 5.56. The Hall–Kier alpha value is -2.51. The molecule has 8 heteroatoms. The highest BCUT2D eigenvalue weighted by atomic mass is 19.3. The Kier molecular flexibility index (Phi) is 4.46. The first-order valence-corrected chi connectivity index (χ1v) is 6.25. The summed E-state index contributed by atoms with van der Waals surface area (Å²) in [4.78, 5) is 9.93. The molecule has 0 aliphatic carbocycles. The molecule has 0 radical (unpaired) electrons. The van der Waals surface area contributed by atoms with Crippen molar-refractivity contribution in [2.24, 2.45) is 7.05 Å². The van der Waals surface area contributed by atoms with Gasteiger partial charge >= 0.3 is 0 Å². The molecule has 1 N–H and O–H groups in total. The van der Waals surface area contributed by atoms with Crippen LogP contribution in [0.15, 0.2) is 30.6 Å². The van der Waals surface area contributed by atoms with Crippen molar-refractivity contribution >= 4 is 11.4 Å². The number of aryl methyl sites for hydroxylation is 1. The van der Waals surface area contributed by atoms with Crippen LogP contribution in [0.4, 0.5) is 20.2 Å². The van der Waals surface area contributed by atoms with Crippen LogP contribution in [0.25, 0.3) is 0 Å². The van der Waals surface area contributed by atoms with Gasteiger partial charge in [0.05, 0.1) is 11.1 Å². The van der Waals surface area contributed by atoms with E-state index < -0.39 is 11.3 Å². The quantitative estimate of drug-likeness (QED) is 0.657. The third-order valence-electron chi connectivity index (χ3n) is 2.97. The van der Waals surface area contributed by atoms with Gasteiger partial charge in [0.2, 0.25) is 0 Å². The van der Waals surface area contributed by atoms with Crippen LogP contribution in [0.2, 0.25) is 0 Å². The number of hydrogen-bond donors (Lipinski definition) is 1. The van der Waals surface area contributed by atoms with Crippen LogP contribution in [0.1, 0.15) is 17.6 Å². The topological polar surface area (TPSA) is 73.0 Å². The SMILES string of the molecule is Cn1cc(CCNc2ccc([N+](=O)[O-])cc2C(F)F)cn1. The van der Waals surface area contributed by atoms with E-state index in [4.69, 9.17) is 0 Å². The van der Waals surface area contributed by atoms with Crippen LogP contribution < -0.4 is 5.32 Å². The molecule has 1 heterocycles. The van der Waals surface area contributed by atoms with Gasteiger partial charge in [0, 0.05) is 43.2 Å². The first-order chi connectivity index (χ1) is 9.97. The zero-order valence-corrected chi connectivity index (χ0v) is 11.3. The molecule has 0 fully saturated rings. The maximum absolute atomic E-state index is 12.9. The van der Waals surface area contributed by atoms with Crippen molar-refractivity contribution in [3.63, 3.8) is 0 Å². The molecule has 0 saturated carbocycles. The largest absolute Gasteiger partial charge is 0.384 e. The van der Waals surface area contributed by atoms with Gasteiger partial charge in [0.1, 0.15) is 0 Å². The molecular weight excluding hydrogens is 282 g/mol. The summed E-state index contributed by atoms with van der Waals surface area (Å²) >= 11 is 0. The monoisotopic (exact) mass is 296 g/mol. The molecular formula is C13H14F2N4O2. The van der Waals surface area contributed by atoms with E-state index in [0.717, 1.165) is 11.6 Å². The average Bonchev–Trinajstić information content (AvgIpc) is 2.84. The summed E-state index contributed by atoms with van der Waals surface area (Å²) in [6.07, 6.45) is 1.38. The number of aromatic nitrogens is 2. The summed E-state index contributed by atoms with van der Waals surface area (Å²) in [7, 11) is 1.79. The number of non-ortho nitro benzene ring substituents is 1. The normalized spacial score (nSPS) is 10.9. The van der Waals surface area contributed by atoms with Gasteiger partial charge in [0.25, 0.3) is 12.1 Å². The van der Waals surface area contributed by atoms with Crippen molar-refractivity contribution in [2.45, 2.75) is 12.8 Å². The number of anilines is 1. The van der Waals surface area contributed by atoms with Crippen LogP contribution in [0.3, 0.4) is 0 Å². The molecule has 112 valence electrons. The third-order valence-corrected chi connectivity index (χ3v) is 2.97. The molecule has 0 aliphatic heterocycles. The molecule has 1 aromatic carbocycles. The highest BCUT2D eigenvalue weighted by Crippen LogP contribution is 2.30. The summed E-state index contributed by atoms with van der Waals surface area (Å²) in [6, 6.07) is 3.41. The number of halogens is 2. The van der Waals surface area contributed by atoms with Crippen molar-refractivity contribution in [1.29, 1.82) is 0 Å². The van der Waals surface area contributed by atoms with Crippen LogP contribution in [-0.2, 0) is 13.5 Å². The second-order valence-corrected chi connectivity index (χ2v) is 4.53. The minimum absolute atomic E-state index is 0.208. The number of alkyl halides is 2. The molecule has 2 rings (SSSR count). The molecule has 0 bridgehead atoms. The Morgan fingerprint density at radius 2 is 2.24 bits per heavy atom. The van der Waals surface area contributed by atoms with Gasteiger partial charge in [0.15, 0.2) is 0 Å². The van der Waals surface area contributed by atoms with Gasteiger partial charge in [-0.25, -0.2) is 8.78 Å². The molecule has 0 spiro atoms. The molecule has 0 atom stereocenters. The van der Waals surface area contributed by atoms with Gasteiger partial charge in [-0.3, -0.25) is 14.8 Å². The first kappa shape index (κ1) is 14.9. The first-order valence-electron chi connectivity index (χ1n) is 6.25. The number of rotatable bonds is 6. The Labute approximate surface area is 119 Å². The predicted molar refractivity (Wildman–Crippen MR) is 73.5 cm³/mol. The Bertz CT molecular complexity index is 643. The van der Waals surface area contributed by atoms with Crippen LogP contribution in [0, 0.1) is 10.1 Å². The summed E-state index contributed by atoms with van der Waals surface area (Å²) < 4.78 is 27.6. The van der Waals surface area contributed by atoms with E-state index >= 15 is 0 Å². The Morgan fingerprint density at radius 3 is 2.81 bits per heavy atom. The standard InChI is InChI=1S/C13H14F2N4O2/c1-18-8-9(7-17-18)4-5-16-12-3-2-10(19(20)21)6-11(12)13(14)15/h2-3,6-8,13,16H,4-5H2,1H3. The average molecular weight is 296 g/mol. The van der Waals surface area contributed by atoms with Crippen molar-refractivity contribution in [2.75, 3.05) is 11.9 Å². The van der Waals surface area contributed by atoms with Crippen molar-refractivity contribution in [1.82, 2.24) is 9.78 Å². The molecule has 1 aromatic heterocycles. The fourth-order valence-electron chi connectivity index (χ4n) is 1.95. The molecule has 21 heavy (non-hydrogen) atoms. The molecule has 0 aliphatic rings. The maximum Gasteiger partial charge on any atom is 0.270 e. The Morgan fingerprint density at radius 1 is 1.48 bits per heavy atom. The molecule has 0 unspecified atom stereocenters. The van der Waals surface area contributed by atoms with Gasteiger partial charge in [-0.15, -0.1) is 0 Å². The van der Waals surface area contributed by atoms with E-state index in [-0.39, 0.29) is 16.9 Å². The molecule has 0 amide bonds. The maximum atomic E-state index is 12.9. The van der Waals surface area contributed by atoms with Crippen molar-refractivity contribution in [3.05, 3.63) is 51.8 Å². The van der Waals surface area contributed by atoms with E-state index in [1.807, 2.05) is 6.20 Å². The third kappa shape index (κ3) is 3.74. The van der Waals surface area contributed by atoms with E-state index in [9.17, 15) is 18.9 Å². The molecule has 2 aromatic rings. The van der Waals surface area contributed by atoms with Crippen LogP contribution >= 0.6 is 0 Å². The van der Waals surface area contributed by atoms with E-state index in [0.29, 0.717) is 13.0 Å². The number of nitrogens with zero attached hydrogens (tertiary/aromatic N) is 3. The molecule has 0 saturated heterocycles. The summed E-state index contributed by atoms with van der Waals surface area (Å²) in [5.74, 6) is 0. The van der Waals surface area contributed by atoms with Crippen molar-refractivity contribution in [3.8, 4) is 0 Å². The predicted octanol–water partition coefficient (Wildman–Crippen LogP) is 2.92. The fraction of sp³-hybridized carbons (Fsp3) is 0.308. The zero-order valence-electron chi connectivity index (χ0n) is 11.3. The lowest BCUT2D eigenvalue weighted by Crippen LogP contribution is -2.07. The zero-order chi connectivity index (χ0) is 15.4. The van der Waals surface area contributed by atoms with Gasteiger partial charge in [-0.1, -0.05) is 0 Å². The lowest BCUT2D eigenvalue weighted by molar-refractivity contribution is -0.385. The lowest BCUT2D eigenvalue weighted by atomic mass is 10.1.